The van der Waals surface area contributed by atoms with Crippen molar-refractivity contribution in [3.8, 4) is 33.4 Å². The maximum atomic E-state index is 2.38. The monoisotopic (exact) mass is 662 g/mol. The minimum absolute atomic E-state index is 1.24. The second-order valence-corrected chi connectivity index (χ2v) is 14.7. The lowest BCUT2D eigenvalue weighted by Gasteiger charge is -2.19. The average Bonchev–Trinajstić information content (AvgIpc) is 3.58. The molecular weight excluding hydrogens is 633 g/mol. The van der Waals surface area contributed by atoms with Crippen LogP contribution in [0.5, 0.6) is 0 Å². The van der Waals surface area contributed by atoms with Gasteiger partial charge in [0.05, 0.1) is 0 Å². The summed E-state index contributed by atoms with van der Waals surface area (Å²) in [5, 5.41) is 15.5. The minimum Gasteiger partial charge on any atom is -0.135 e. The Balaban J connectivity index is 1.06. The highest BCUT2D eigenvalue weighted by Gasteiger charge is 2.18. The Morgan fingerprint density at radius 3 is 1.49 bits per heavy atom. The van der Waals surface area contributed by atoms with Gasteiger partial charge in [-0.05, 0) is 105 Å². The van der Waals surface area contributed by atoms with E-state index in [1.54, 1.807) is 0 Å². The molecular formula is C50H30S. The summed E-state index contributed by atoms with van der Waals surface area (Å²) in [5.41, 5.74) is 7.61. The Morgan fingerprint density at radius 2 is 0.765 bits per heavy atom. The van der Waals surface area contributed by atoms with Crippen LogP contribution >= 0.6 is 11.3 Å². The van der Waals surface area contributed by atoms with E-state index in [0.717, 1.165) is 0 Å². The number of benzene rings is 10. The molecule has 11 aromatic rings. The van der Waals surface area contributed by atoms with Crippen LogP contribution in [0.25, 0.3) is 107 Å². The van der Waals surface area contributed by atoms with Crippen molar-refractivity contribution in [2.45, 2.75) is 0 Å². The van der Waals surface area contributed by atoms with Crippen molar-refractivity contribution in [1.29, 1.82) is 0 Å². The van der Waals surface area contributed by atoms with Gasteiger partial charge in [-0.3, -0.25) is 0 Å². The lowest BCUT2D eigenvalue weighted by Crippen LogP contribution is -1.91. The van der Waals surface area contributed by atoms with Crippen molar-refractivity contribution >= 4 is 85.4 Å². The summed E-state index contributed by atoms with van der Waals surface area (Å²) < 4.78 is 2.71. The van der Waals surface area contributed by atoms with Gasteiger partial charge in [0.1, 0.15) is 0 Å². The van der Waals surface area contributed by atoms with Crippen LogP contribution in [0.3, 0.4) is 0 Å². The van der Waals surface area contributed by atoms with E-state index < -0.39 is 0 Å². The van der Waals surface area contributed by atoms with Gasteiger partial charge in [-0.15, -0.1) is 11.3 Å². The van der Waals surface area contributed by atoms with E-state index in [-0.39, 0.29) is 0 Å². The van der Waals surface area contributed by atoms with Gasteiger partial charge >= 0.3 is 0 Å². The molecule has 0 N–H and O–H groups in total. The highest BCUT2D eigenvalue weighted by Crippen LogP contribution is 2.46. The van der Waals surface area contributed by atoms with Gasteiger partial charge < -0.3 is 0 Å². The molecule has 1 aromatic heterocycles. The number of rotatable bonds is 3. The van der Waals surface area contributed by atoms with E-state index in [9.17, 15) is 0 Å². The Hall–Kier alpha value is -6.28. The summed E-state index contributed by atoms with van der Waals surface area (Å²) in [6.45, 7) is 0. The SMILES string of the molecule is c1ccc2c(-c3c4ccccc4c(-c4ccc5cc(-c6ccc7c(c6)sc6c8ccccc8ccc76)ccc5c4)c4ccccc34)cccc2c1. The Morgan fingerprint density at radius 1 is 0.275 bits per heavy atom. The zero-order valence-corrected chi connectivity index (χ0v) is 28.5. The smallest absolute Gasteiger partial charge is 0.0433 e. The van der Waals surface area contributed by atoms with Gasteiger partial charge in [-0.2, -0.15) is 0 Å². The van der Waals surface area contributed by atoms with Crippen molar-refractivity contribution < 1.29 is 0 Å². The van der Waals surface area contributed by atoms with Gasteiger partial charge in [0.25, 0.3) is 0 Å². The molecule has 0 radical (unpaired) electrons. The molecule has 0 saturated carbocycles. The van der Waals surface area contributed by atoms with Crippen LogP contribution < -0.4 is 0 Å². The molecule has 236 valence electrons. The normalized spacial score (nSPS) is 11.9. The van der Waals surface area contributed by atoms with E-state index in [1.807, 2.05) is 11.3 Å². The van der Waals surface area contributed by atoms with Gasteiger partial charge in [-0.1, -0.05) is 164 Å². The summed E-state index contributed by atoms with van der Waals surface area (Å²) in [5.74, 6) is 0. The van der Waals surface area contributed by atoms with Crippen molar-refractivity contribution in [2.24, 2.45) is 0 Å². The molecule has 0 unspecified atom stereocenters. The standard InChI is InChI=1S/C50H30S/c1-3-13-38-31(10-1)12-9-19-41(38)49-44-17-7-5-15-42(44)48(43-16-6-8-18-45(43)49)37-23-22-33-28-34(20-21-35(33)29-37)36-25-26-40-46-27-24-32-11-2-4-14-39(32)50(46)51-47(40)30-36/h1-30H. The van der Waals surface area contributed by atoms with E-state index in [1.165, 1.54) is 107 Å². The molecule has 0 amide bonds. The summed E-state index contributed by atoms with van der Waals surface area (Å²) in [4.78, 5) is 0. The third-order valence-corrected chi connectivity index (χ3v) is 12.0. The van der Waals surface area contributed by atoms with Crippen LogP contribution in [0.1, 0.15) is 0 Å². The molecule has 11 rings (SSSR count). The third kappa shape index (κ3) is 4.39. The molecule has 0 saturated heterocycles. The second-order valence-electron chi connectivity index (χ2n) is 13.6. The molecule has 0 nitrogen and oxygen atoms in total. The molecule has 0 aliphatic heterocycles. The Bertz CT molecular complexity index is 3130. The highest BCUT2D eigenvalue weighted by atomic mass is 32.1. The molecule has 0 fully saturated rings. The molecule has 0 aliphatic carbocycles. The topological polar surface area (TPSA) is 0 Å². The molecule has 51 heavy (non-hydrogen) atoms. The molecule has 0 atom stereocenters. The first-order valence-electron chi connectivity index (χ1n) is 17.6. The summed E-state index contributed by atoms with van der Waals surface area (Å²) in [6, 6.07) is 67.5. The average molecular weight is 663 g/mol. The van der Waals surface area contributed by atoms with Gasteiger partial charge in [0, 0.05) is 20.2 Å². The number of fused-ring (bicyclic) bond motifs is 9. The lowest BCUT2D eigenvalue weighted by molar-refractivity contribution is 1.67. The van der Waals surface area contributed by atoms with Crippen molar-refractivity contribution in [3.05, 3.63) is 182 Å². The van der Waals surface area contributed by atoms with Crippen LogP contribution in [0.15, 0.2) is 182 Å². The van der Waals surface area contributed by atoms with Gasteiger partial charge in [0.2, 0.25) is 0 Å². The van der Waals surface area contributed by atoms with Crippen molar-refractivity contribution in [2.75, 3.05) is 0 Å². The van der Waals surface area contributed by atoms with Crippen LogP contribution in [0.4, 0.5) is 0 Å². The quantitative estimate of drug-likeness (QED) is 0.165. The molecule has 0 bridgehead atoms. The third-order valence-electron chi connectivity index (χ3n) is 10.8. The van der Waals surface area contributed by atoms with E-state index in [0.29, 0.717) is 0 Å². The fraction of sp³-hybridized carbons (Fsp3) is 0. The van der Waals surface area contributed by atoms with Gasteiger partial charge in [-0.25, -0.2) is 0 Å². The van der Waals surface area contributed by atoms with Crippen molar-refractivity contribution in [1.82, 2.24) is 0 Å². The van der Waals surface area contributed by atoms with E-state index in [4.69, 9.17) is 0 Å². The zero-order chi connectivity index (χ0) is 33.5. The first-order chi connectivity index (χ1) is 25.3. The zero-order valence-electron chi connectivity index (χ0n) is 27.7. The predicted molar refractivity (Wildman–Crippen MR) is 223 cm³/mol. The maximum Gasteiger partial charge on any atom is 0.0433 e. The minimum atomic E-state index is 1.24. The number of hydrogen-bond donors (Lipinski definition) is 0. The number of thiophene rings is 1. The first-order valence-corrected chi connectivity index (χ1v) is 18.4. The van der Waals surface area contributed by atoms with Crippen LogP contribution in [0, 0.1) is 0 Å². The predicted octanol–water partition coefficient (Wildman–Crippen LogP) is 14.8. The van der Waals surface area contributed by atoms with Crippen LogP contribution in [-0.4, -0.2) is 0 Å². The van der Waals surface area contributed by atoms with Crippen LogP contribution in [-0.2, 0) is 0 Å². The fourth-order valence-corrected chi connectivity index (χ4v) is 9.72. The van der Waals surface area contributed by atoms with E-state index in [2.05, 4.69) is 182 Å². The van der Waals surface area contributed by atoms with Crippen molar-refractivity contribution in [3.63, 3.8) is 0 Å². The van der Waals surface area contributed by atoms with Gasteiger partial charge in [0.15, 0.2) is 0 Å². The Labute approximate surface area is 299 Å². The van der Waals surface area contributed by atoms with Crippen LogP contribution in [0.2, 0.25) is 0 Å². The maximum absolute atomic E-state index is 2.38. The highest BCUT2D eigenvalue weighted by molar-refractivity contribution is 7.26. The summed E-state index contributed by atoms with van der Waals surface area (Å²) in [6.07, 6.45) is 0. The fourth-order valence-electron chi connectivity index (χ4n) is 8.44. The molecule has 0 aliphatic rings. The largest absolute Gasteiger partial charge is 0.135 e. The molecule has 1 heteroatoms. The lowest BCUT2D eigenvalue weighted by atomic mass is 9.84. The summed E-state index contributed by atoms with van der Waals surface area (Å²) >= 11 is 1.90. The molecule has 10 aromatic carbocycles. The molecule has 1 heterocycles. The number of hydrogen-bond acceptors (Lipinski definition) is 1. The molecule has 0 spiro atoms. The van der Waals surface area contributed by atoms with E-state index >= 15 is 0 Å². The summed E-state index contributed by atoms with van der Waals surface area (Å²) in [7, 11) is 0. The first kappa shape index (κ1) is 28.5. The Kier molecular flexibility index (Phi) is 6.22. The second kappa shape index (κ2) is 11.1.